The molecule has 6 nitrogen and oxygen atoms in total. The monoisotopic (exact) mass is 383 g/mol. The molecule has 23 heavy (non-hydrogen) atoms. The van der Waals surface area contributed by atoms with E-state index in [2.05, 4.69) is 31.5 Å². The van der Waals surface area contributed by atoms with Gasteiger partial charge in [0.25, 0.3) is 0 Å². The molecule has 2 amide bonds. The summed E-state index contributed by atoms with van der Waals surface area (Å²) in [5.74, 6) is -0.334. The van der Waals surface area contributed by atoms with Crippen molar-refractivity contribution in [2.75, 3.05) is 45.9 Å². The van der Waals surface area contributed by atoms with Crippen LogP contribution in [0.3, 0.4) is 0 Å². The number of hydrogen-bond acceptors (Lipinski definition) is 4. The molecule has 0 unspecified atom stereocenters. The molecule has 0 spiro atoms. The second-order valence-electron chi connectivity index (χ2n) is 5.35. The van der Waals surface area contributed by atoms with Gasteiger partial charge in [-0.05, 0) is 11.6 Å². The Kier molecular flexibility index (Phi) is 7.51. The maximum absolute atomic E-state index is 11.9. The molecule has 1 heterocycles. The van der Waals surface area contributed by atoms with Gasteiger partial charge in [0.1, 0.15) is 0 Å². The molecular weight excluding hydrogens is 362 g/mol. The van der Waals surface area contributed by atoms with Crippen molar-refractivity contribution >= 4 is 27.7 Å². The minimum Gasteiger partial charge on any atom is -0.379 e. The number of nitrogens with zero attached hydrogens (tertiary/aromatic N) is 1. The Morgan fingerprint density at radius 2 is 1.87 bits per heavy atom. The van der Waals surface area contributed by atoms with Crippen LogP contribution >= 0.6 is 15.9 Å². The van der Waals surface area contributed by atoms with Crippen LogP contribution < -0.4 is 10.6 Å². The number of benzene rings is 1. The van der Waals surface area contributed by atoms with Crippen LogP contribution in [0.15, 0.2) is 28.7 Å². The van der Waals surface area contributed by atoms with Gasteiger partial charge in [-0.25, -0.2) is 0 Å². The van der Waals surface area contributed by atoms with Crippen molar-refractivity contribution in [3.05, 3.63) is 34.3 Å². The molecule has 1 aliphatic rings. The summed E-state index contributed by atoms with van der Waals surface area (Å²) in [6, 6.07) is 7.55. The normalized spacial score (nSPS) is 15.2. The second kappa shape index (κ2) is 9.64. The number of ether oxygens (including phenoxy) is 1. The number of halogens is 1. The van der Waals surface area contributed by atoms with E-state index in [0.717, 1.165) is 42.9 Å². The Morgan fingerprint density at radius 3 is 2.61 bits per heavy atom. The molecule has 1 fully saturated rings. The predicted octanol–water partition coefficient (Wildman–Crippen LogP) is 0.556. The minimum atomic E-state index is -0.168. The maximum Gasteiger partial charge on any atom is 0.239 e. The number of rotatable bonds is 7. The molecule has 0 saturated carbocycles. The van der Waals surface area contributed by atoms with Crippen LogP contribution in [0.25, 0.3) is 0 Å². The number of hydrogen-bond donors (Lipinski definition) is 2. The summed E-state index contributed by atoms with van der Waals surface area (Å²) in [7, 11) is 0. The number of amides is 2. The number of nitrogens with one attached hydrogen (secondary N) is 2. The first-order valence-corrected chi connectivity index (χ1v) is 8.51. The van der Waals surface area contributed by atoms with Gasteiger partial charge in [-0.1, -0.05) is 34.1 Å². The van der Waals surface area contributed by atoms with Gasteiger partial charge < -0.3 is 15.4 Å². The zero-order valence-corrected chi connectivity index (χ0v) is 14.6. The van der Waals surface area contributed by atoms with Gasteiger partial charge in [-0.2, -0.15) is 0 Å². The van der Waals surface area contributed by atoms with Crippen LogP contribution in [0.5, 0.6) is 0 Å². The molecule has 2 N–H and O–H groups in total. The molecule has 0 atom stereocenters. The van der Waals surface area contributed by atoms with Gasteiger partial charge in [0, 0.05) is 30.7 Å². The summed E-state index contributed by atoms with van der Waals surface area (Å²) in [5, 5.41) is 5.46. The van der Waals surface area contributed by atoms with E-state index in [1.807, 2.05) is 24.3 Å². The molecule has 1 aromatic rings. The molecule has 1 saturated heterocycles. The van der Waals surface area contributed by atoms with Gasteiger partial charge in [0.05, 0.1) is 26.2 Å². The van der Waals surface area contributed by atoms with E-state index in [9.17, 15) is 9.59 Å². The van der Waals surface area contributed by atoms with Gasteiger partial charge in [0.15, 0.2) is 0 Å². The SMILES string of the molecule is O=C(CNC(=O)Cc1ccccc1Br)NCCN1CCOCC1. The molecule has 2 rings (SSSR count). The molecule has 0 radical (unpaired) electrons. The summed E-state index contributed by atoms with van der Waals surface area (Å²) in [6.45, 7) is 4.70. The summed E-state index contributed by atoms with van der Waals surface area (Å²) >= 11 is 3.40. The lowest BCUT2D eigenvalue weighted by Gasteiger charge is -2.26. The second-order valence-corrected chi connectivity index (χ2v) is 6.20. The predicted molar refractivity (Wildman–Crippen MR) is 91.1 cm³/mol. The van der Waals surface area contributed by atoms with Crippen molar-refractivity contribution < 1.29 is 14.3 Å². The highest BCUT2D eigenvalue weighted by molar-refractivity contribution is 9.10. The average molecular weight is 384 g/mol. The fourth-order valence-corrected chi connectivity index (χ4v) is 2.72. The number of morpholine rings is 1. The summed E-state index contributed by atoms with van der Waals surface area (Å²) in [5.41, 5.74) is 0.901. The van der Waals surface area contributed by atoms with Crippen LogP contribution in [0.2, 0.25) is 0 Å². The Bertz CT molecular complexity index is 533. The fraction of sp³-hybridized carbons (Fsp3) is 0.500. The first-order valence-electron chi connectivity index (χ1n) is 7.72. The molecule has 0 bridgehead atoms. The smallest absolute Gasteiger partial charge is 0.239 e. The quantitative estimate of drug-likeness (QED) is 0.721. The molecule has 7 heteroatoms. The Balaban J connectivity index is 1.60. The molecule has 1 aliphatic heterocycles. The van der Waals surface area contributed by atoms with Crippen LogP contribution in [0, 0.1) is 0 Å². The highest BCUT2D eigenvalue weighted by Crippen LogP contribution is 2.15. The number of carbonyl (C=O) groups is 2. The van der Waals surface area contributed by atoms with E-state index in [1.54, 1.807) is 0 Å². The maximum atomic E-state index is 11.9. The Labute approximate surface area is 144 Å². The van der Waals surface area contributed by atoms with Crippen LogP contribution in [0.1, 0.15) is 5.56 Å². The topological polar surface area (TPSA) is 70.7 Å². The summed E-state index contributed by atoms with van der Waals surface area (Å²) in [4.78, 5) is 25.8. The molecule has 0 aliphatic carbocycles. The van der Waals surface area contributed by atoms with E-state index in [1.165, 1.54) is 0 Å². The van der Waals surface area contributed by atoms with Crippen molar-refractivity contribution in [3.8, 4) is 0 Å². The van der Waals surface area contributed by atoms with Crippen molar-refractivity contribution in [1.29, 1.82) is 0 Å². The molecule has 1 aromatic carbocycles. The van der Waals surface area contributed by atoms with Crippen LogP contribution in [-0.2, 0) is 20.7 Å². The lowest BCUT2D eigenvalue weighted by Crippen LogP contribution is -2.43. The zero-order chi connectivity index (χ0) is 16.5. The van der Waals surface area contributed by atoms with E-state index in [-0.39, 0.29) is 24.8 Å². The third-order valence-corrected chi connectivity index (χ3v) is 4.38. The molecule has 0 aromatic heterocycles. The summed E-state index contributed by atoms with van der Waals surface area (Å²) in [6.07, 6.45) is 0.252. The van der Waals surface area contributed by atoms with Crippen LogP contribution in [0.4, 0.5) is 0 Å². The lowest BCUT2D eigenvalue weighted by molar-refractivity contribution is -0.125. The Morgan fingerprint density at radius 1 is 1.13 bits per heavy atom. The molecular formula is C16H22BrN3O3. The number of carbonyl (C=O) groups excluding carboxylic acids is 2. The van der Waals surface area contributed by atoms with E-state index >= 15 is 0 Å². The summed E-state index contributed by atoms with van der Waals surface area (Å²) < 4.78 is 6.16. The zero-order valence-electron chi connectivity index (χ0n) is 13.0. The van der Waals surface area contributed by atoms with E-state index < -0.39 is 0 Å². The lowest BCUT2D eigenvalue weighted by atomic mass is 10.1. The Hall–Kier alpha value is -1.44. The third kappa shape index (κ3) is 6.68. The van der Waals surface area contributed by atoms with E-state index in [4.69, 9.17) is 4.74 Å². The highest BCUT2D eigenvalue weighted by Gasteiger charge is 2.11. The average Bonchev–Trinajstić information content (AvgIpc) is 2.56. The standard InChI is InChI=1S/C16H22BrN3O3/c17-14-4-2-1-3-13(14)11-15(21)19-12-16(22)18-5-6-20-7-9-23-10-8-20/h1-4H,5-12H2,(H,18,22)(H,19,21). The van der Waals surface area contributed by atoms with Crippen molar-refractivity contribution in [2.24, 2.45) is 0 Å². The van der Waals surface area contributed by atoms with Gasteiger partial charge >= 0.3 is 0 Å². The van der Waals surface area contributed by atoms with Gasteiger partial charge in [-0.3, -0.25) is 14.5 Å². The largest absolute Gasteiger partial charge is 0.379 e. The van der Waals surface area contributed by atoms with E-state index in [0.29, 0.717) is 6.54 Å². The molecule has 126 valence electrons. The fourth-order valence-electron chi connectivity index (χ4n) is 2.30. The minimum absolute atomic E-state index is 0.00635. The van der Waals surface area contributed by atoms with Crippen molar-refractivity contribution in [2.45, 2.75) is 6.42 Å². The van der Waals surface area contributed by atoms with Gasteiger partial charge in [0.2, 0.25) is 11.8 Å². The first-order chi connectivity index (χ1) is 11.1. The van der Waals surface area contributed by atoms with Gasteiger partial charge in [-0.15, -0.1) is 0 Å². The first kappa shape index (κ1) is 17.9. The highest BCUT2D eigenvalue weighted by atomic mass is 79.9. The van der Waals surface area contributed by atoms with Crippen molar-refractivity contribution in [3.63, 3.8) is 0 Å². The third-order valence-electron chi connectivity index (χ3n) is 3.61. The van der Waals surface area contributed by atoms with Crippen LogP contribution in [-0.4, -0.2) is 62.7 Å². The van der Waals surface area contributed by atoms with Crippen molar-refractivity contribution in [1.82, 2.24) is 15.5 Å².